The van der Waals surface area contributed by atoms with Crippen LogP contribution in [0.25, 0.3) is 0 Å². The largest absolute Gasteiger partial charge is 0.337 e. The molecule has 1 aromatic rings. The van der Waals surface area contributed by atoms with Gasteiger partial charge in [-0.25, -0.2) is 4.98 Å². The molecule has 1 fully saturated rings. The Balaban J connectivity index is 1.72. The Morgan fingerprint density at radius 3 is 2.94 bits per heavy atom. The van der Waals surface area contributed by atoms with E-state index < -0.39 is 0 Å². The number of nitrogens with zero attached hydrogens (tertiary/aromatic N) is 2. The molecule has 0 saturated heterocycles. The third-order valence-corrected chi connectivity index (χ3v) is 3.76. The van der Waals surface area contributed by atoms with Gasteiger partial charge in [-0.3, -0.25) is 0 Å². The Kier molecular flexibility index (Phi) is 5.05. The highest BCUT2D eigenvalue weighted by atomic mass is 15.0. The molecule has 1 N–H and O–H groups in total. The van der Waals surface area contributed by atoms with Crippen LogP contribution in [0.3, 0.4) is 0 Å². The average molecular weight is 235 g/mol. The lowest BCUT2D eigenvalue weighted by Crippen LogP contribution is -2.12. The van der Waals surface area contributed by atoms with Crippen molar-refractivity contribution >= 4 is 0 Å². The summed E-state index contributed by atoms with van der Waals surface area (Å²) in [6.07, 6.45) is 12.7. The van der Waals surface area contributed by atoms with Crippen LogP contribution in [-0.4, -0.2) is 16.1 Å². The molecular formula is C14H25N3. The lowest BCUT2D eigenvalue weighted by atomic mass is 9.87. The summed E-state index contributed by atoms with van der Waals surface area (Å²) in [6, 6.07) is 0. The van der Waals surface area contributed by atoms with Crippen molar-refractivity contribution in [3.05, 3.63) is 18.2 Å². The van der Waals surface area contributed by atoms with Crippen LogP contribution in [0.15, 0.2) is 12.5 Å². The Bertz CT molecular complexity index is 313. The van der Waals surface area contributed by atoms with Crippen LogP contribution in [0.1, 0.15) is 51.1 Å². The zero-order chi connectivity index (χ0) is 11.9. The van der Waals surface area contributed by atoms with E-state index in [0.29, 0.717) is 0 Å². The van der Waals surface area contributed by atoms with E-state index in [1.165, 1.54) is 38.5 Å². The average Bonchev–Trinajstić information content (AvgIpc) is 2.83. The van der Waals surface area contributed by atoms with Crippen molar-refractivity contribution in [2.24, 2.45) is 5.92 Å². The number of hydrogen-bond acceptors (Lipinski definition) is 2. The van der Waals surface area contributed by atoms with Gasteiger partial charge < -0.3 is 9.88 Å². The maximum absolute atomic E-state index is 4.42. The summed E-state index contributed by atoms with van der Waals surface area (Å²) in [6.45, 7) is 5.17. The normalized spacial score (nSPS) is 17.5. The van der Waals surface area contributed by atoms with Gasteiger partial charge in [-0.1, -0.05) is 39.0 Å². The predicted molar refractivity (Wildman–Crippen MR) is 70.8 cm³/mol. The highest BCUT2D eigenvalue weighted by Crippen LogP contribution is 2.26. The molecule has 0 spiro atoms. The first-order chi connectivity index (χ1) is 8.38. The van der Waals surface area contributed by atoms with Gasteiger partial charge in [-0.15, -0.1) is 0 Å². The maximum atomic E-state index is 4.42. The molecule has 0 bridgehead atoms. The summed E-state index contributed by atoms with van der Waals surface area (Å²) < 4.78 is 2.25. The van der Waals surface area contributed by atoms with E-state index in [-0.39, 0.29) is 0 Å². The molecular weight excluding hydrogens is 210 g/mol. The van der Waals surface area contributed by atoms with Gasteiger partial charge in [0.15, 0.2) is 0 Å². The second-order valence-corrected chi connectivity index (χ2v) is 5.18. The zero-order valence-electron chi connectivity index (χ0n) is 11.0. The van der Waals surface area contributed by atoms with Crippen LogP contribution in [0.5, 0.6) is 0 Å². The molecule has 0 unspecified atom stereocenters. The van der Waals surface area contributed by atoms with Gasteiger partial charge in [0.2, 0.25) is 0 Å². The van der Waals surface area contributed by atoms with Crippen molar-refractivity contribution in [2.45, 2.75) is 58.5 Å². The van der Waals surface area contributed by atoms with Crippen molar-refractivity contribution in [1.82, 2.24) is 14.9 Å². The van der Waals surface area contributed by atoms with Gasteiger partial charge in [-0.2, -0.15) is 0 Å². The molecule has 3 heteroatoms. The standard InChI is InChI=1S/C14H25N3/c1-2-15-10-14-11-17(12-16-14)9-8-13-6-4-3-5-7-13/h11-13,15H,2-10H2,1H3. The number of aryl methyl sites for hydroxylation is 1. The molecule has 1 saturated carbocycles. The zero-order valence-corrected chi connectivity index (χ0v) is 11.0. The fourth-order valence-electron chi connectivity index (χ4n) is 2.68. The number of aromatic nitrogens is 2. The molecule has 0 aliphatic heterocycles. The van der Waals surface area contributed by atoms with E-state index in [9.17, 15) is 0 Å². The molecule has 1 aliphatic carbocycles. The third kappa shape index (κ3) is 4.15. The summed E-state index contributed by atoms with van der Waals surface area (Å²) >= 11 is 0. The van der Waals surface area contributed by atoms with Gasteiger partial charge >= 0.3 is 0 Å². The highest BCUT2D eigenvalue weighted by Gasteiger charge is 2.13. The molecule has 3 nitrogen and oxygen atoms in total. The van der Waals surface area contributed by atoms with E-state index in [2.05, 4.69) is 28.0 Å². The van der Waals surface area contributed by atoms with Crippen molar-refractivity contribution in [2.75, 3.05) is 6.54 Å². The molecule has 96 valence electrons. The predicted octanol–water partition coefficient (Wildman–Crippen LogP) is 2.96. The van der Waals surface area contributed by atoms with Gasteiger partial charge in [0, 0.05) is 19.3 Å². The summed E-state index contributed by atoms with van der Waals surface area (Å²) in [5, 5.41) is 3.31. The van der Waals surface area contributed by atoms with Crippen molar-refractivity contribution in [1.29, 1.82) is 0 Å². The van der Waals surface area contributed by atoms with Crippen LogP contribution in [-0.2, 0) is 13.1 Å². The van der Waals surface area contributed by atoms with Crippen LogP contribution < -0.4 is 5.32 Å². The lowest BCUT2D eigenvalue weighted by molar-refractivity contribution is 0.324. The summed E-state index contributed by atoms with van der Waals surface area (Å²) in [5.74, 6) is 0.961. The molecule has 1 heterocycles. The molecule has 2 rings (SSSR count). The van der Waals surface area contributed by atoms with E-state index in [1.54, 1.807) is 0 Å². The minimum Gasteiger partial charge on any atom is -0.337 e. The van der Waals surface area contributed by atoms with Crippen molar-refractivity contribution in [3.63, 3.8) is 0 Å². The molecule has 0 atom stereocenters. The van der Waals surface area contributed by atoms with Crippen LogP contribution >= 0.6 is 0 Å². The van der Waals surface area contributed by atoms with Crippen molar-refractivity contribution in [3.8, 4) is 0 Å². The maximum Gasteiger partial charge on any atom is 0.0949 e. The SMILES string of the molecule is CCNCc1cn(CCC2CCCCC2)cn1. The number of nitrogens with one attached hydrogen (secondary N) is 1. The van der Waals surface area contributed by atoms with E-state index in [1.807, 2.05) is 6.33 Å². The Morgan fingerprint density at radius 2 is 2.18 bits per heavy atom. The van der Waals surface area contributed by atoms with Crippen LogP contribution in [0.2, 0.25) is 0 Å². The highest BCUT2D eigenvalue weighted by molar-refractivity contribution is 4.96. The number of imidazole rings is 1. The lowest BCUT2D eigenvalue weighted by Gasteiger charge is -2.21. The minimum absolute atomic E-state index is 0.896. The molecule has 1 aliphatic rings. The first kappa shape index (κ1) is 12.6. The molecule has 17 heavy (non-hydrogen) atoms. The van der Waals surface area contributed by atoms with E-state index >= 15 is 0 Å². The van der Waals surface area contributed by atoms with Crippen LogP contribution in [0, 0.1) is 5.92 Å². The number of hydrogen-bond donors (Lipinski definition) is 1. The number of rotatable bonds is 6. The van der Waals surface area contributed by atoms with Crippen molar-refractivity contribution < 1.29 is 0 Å². The second-order valence-electron chi connectivity index (χ2n) is 5.18. The van der Waals surface area contributed by atoms with Gasteiger partial charge in [0.05, 0.1) is 12.0 Å². The molecule has 0 radical (unpaired) electrons. The van der Waals surface area contributed by atoms with Gasteiger partial charge in [0.1, 0.15) is 0 Å². The fourth-order valence-corrected chi connectivity index (χ4v) is 2.68. The quantitative estimate of drug-likeness (QED) is 0.821. The first-order valence-electron chi connectivity index (χ1n) is 7.10. The topological polar surface area (TPSA) is 29.9 Å². The Labute approximate surface area is 105 Å². The smallest absolute Gasteiger partial charge is 0.0949 e. The van der Waals surface area contributed by atoms with Gasteiger partial charge in [0.25, 0.3) is 0 Å². The third-order valence-electron chi connectivity index (χ3n) is 3.76. The van der Waals surface area contributed by atoms with E-state index in [4.69, 9.17) is 0 Å². The molecule has 0 aromatic carbocycles. The van der Waals surface area contributed by atoms with E-state index in [0.717, 1.165) is 31.2 Å². The Morgan fingerprint density at radius 1 is 1.35 bits per heavy atom. The van der Waals surface area contributed by atoms with Crippen LogP contribution in [0.4, 0.5) is 0 Å². The second kappa shape index (κ2) is 6.80. The summed E-state index contributed by atoms with van der Waals surface area (Å²) in [4.78, 5) is 4.42. The first-order valence-corrected chi connectivity index (χ1v) is 7.10. The summed E-state index contributed by atoms with van der Waals surface area (Å²) in [7, 11) is 0. The summed E-state index contributed by atoms with van der Waals surface area (Å²) in [5.41, 5.74) is 1.16. The Hall–Kier alpha value is -0.830. The molecule has 0 amide bonds. The molecule has 1 aromatic heterocycles. The minimum atomic E-state index is 0.896. The monoisotopic (exact) mass is 235 g/mol. The van der Waals surface area contributed by atoms with Gasteiger partial charge in [-0.05, 0) is 18.9 Å². The fraction of sp³-hybridized carbons (Fsp3) is 0.786.